The van der Waals surface area contributed by atoms with Gasteiger partial charge in [0.25, 0.3) is 0 Å². The van der Waals surface area contributed by atoms with Crippen LogP contribution in [0.25, 0.3) is 0 Å². The highest BCUT2D eigenvalue weighted by Gasteiger charge is 2.32. The van der Waals surface area contributed by atoms with E-state index in [1.807, 2.05) is 11.8 Å². The number of nitrogens with one attached hydrogen (secondary N) is 2. The number of ether oxygens (including phenoxy) is 1. The molecular weight excluding hydrogens is 318 g/mol. The molecule has 7 heteroatoms. The number of hydrogen-bond acceptors (Lipinski definition) is 4. The molecule has 2 N–H and O–H groups in total. The molecule has 0 spiro atoms. The van der Waals surface area contributed by atoms with E-state index in [-0.39, 0.29) is 42.2 Å². The second kappa shape index (κ2) is 10.1. The predicted molar refractivity (Wildman–Crippen MR) is 91.7 cm³/mol. The number of likely N-dealkylation sites (tertiary alicyclic amines) is 1. The van der Waals surface area contributed by atoms with Gasteiger partial charge < -0.3 is 20.3 Å². The number of halogens is 1. The van der Waals surface area contributed by atoms with Gasteiger partial charge in [-0.25, -0.2) is 0 Å². The lowest BCUT2D eigenvalue weighted by molar-refractivity contribution is -0.140. The molecule has 2 rings (SSSR count). The van der Waals surface area contributed by atoms with Crippen LogP contribution in [0, 0.1) is 5.92 Å². The van der Waals surface area contributed by atoms with Gasteiger partial charge in [0.15, 0.2) is 0 Å². The SMILES string of the molecule is CCCC(C)NC(=O)C1CCCN(C(=O)C2COCCN2)C1.Cl. The van der Waals surface area contributed by atoms with Gasteiger partial charge in [0.2, 0.25) is 11.8 Å². The van der Waals surface area contributed by atoms with Crippen molar-refractivity contribution in [3.05, 3.63) is 0 Å². The zero-order chi connectivity index (χ0) is 15.9. The number of piperidine rings is 1. The normalized spacial score (nSPS) is 26.1. The van der Waals surface area contributed by atoms with Crippen molar-refractivity contribution in [2.75, 3.05) is 32.8 Å². The lowest BCUT2D eigenvalue weighted by Gasteiger charge is -2.35. The van der Waals surface area contributed by atoms with E-state index in [0.717, 1.165) is 32.2 Å². The highest BCUT2D eigenvalue weighted by Crippen LogP contribution is 2.18. The molecule has 134 valence electrons. The summed E-state index contributed by atoms with van der Waals surface area (Å²) in [5.41, 5.74) is 0. The number of nitrogens with zero attached hydrogens (tertiary/aromatic N) is 1. The third kappa shape index (κ3) is 5.94. The monoisotopic (exact) mass is 347 g/mol. The average molecular weight is 348 g/mol. The van der Waals surface area contributed by atoms with Gasteiger partial charge in [0.1, 0.15) is 6.04 Å². The van der Waals surface area contributed by atoms with Gasteiger partial charge in [0, 0.05) is 25.7 Å². The van der Waals surface area contributed by atoms with Gasteiger partial charge in [-0.3, -0.25) is 9.59 Å². The second-order valence-electron chi connectivity index (χ2n) is 6.40. The summed E-state index contributed by atoms with van der Waals surface area (Å²) in [5, 5.41) is 6.26. The molecule has 0 aromatic heterocycles. The Kier molecular flexibility index (Phi) is 8.87. The molecule has 3 unspecified atom stereocenters. The van der Waals surface area contributed by atoms with Crippen LogP contribution in [0.3, 0.4) is 0 Å². The summed E-state index contributed by atoms with van der Waals surface area (Å²) in [5.74, 6) is 0.0756. The molecule has 0 aromatic rings. The molecular formula is C16H30ClN3O3. The summed E-state index contributed by atoms with van der Waals surface area (Å²) in [6, 6.07) is -0.0495. The highest BCUT2D eigenvalue weighted by atomic mass is 35.5. The summed E-state index contributed by atoms with van der Waals surface area (Å²) in [4.78, 5) is 26.7. The van der Waals surface area contributed by atoms with Crippen LogP contribution in [-0.4, -0.2) is 61.6 Å². The third-order valence-corrected chi connectivity index (χ3v) is 4.43. The van der Waals surface area contributed by atoms with Crippen molar-refractivity contribution < 1.29 is 14.3 Å². The van der Waals surface area contributed by atoms with E-state index in [1.54, 1.807) is 0 Å². The minimum atomic E-state index is -0.255. The molecule has 2 saturated heterocycles. The molecule has 2 aliphatic heterocycles. The lowest BCUT2D eigenvalue weighted by Crippen LogP contribution is -2.55. The fraction of sp³-hybridized carbons (Fsp3) is 0.875. The van der Waals surface area contributed by atoms with E-state index in [0.29, 0.717) is 26.3 Å². The van der Waals surface area contributed by atoms with E-state index in [9.17, 15) is 9.59 Å². The standard InChI is InChI=1S/C16H29N3O3.ClH/c1-3-5-12(2)18-15(20)13-6-4-8-19(10-13)16(21)14-11-22-9-7-17-14;/h12-14,17H,3-11H2,1-2H3,(H,18,20);1H. The molecule has 0 radical (unpaired) electrons. The van der Waals surface area contributed by atoms with Crippen molar-refractivity contribution in [3.63, 3.8) is 0 Å². The number of carbonyl (C=O) groups is 2. The maximum absolute atomic E-state index is 12.5. The first-order valence-electron chi connectivity index (χ1n) is 8.52. The van der Waals surface area contributed by atoms with E-state index < -0.39 is 0 Å². The Morgan fingerprint density at radius 1 is 1.43 bits per heavy atom. The number of morpholine rings is 1. The smallest absolute Gasteiger partial charge is 0.242 e. The summed E-state index contributed by atoms with van der Waals surface area (Å²) in [6.07, 6.45) is 3.80. The van der Waals surface area contributed by atoms with E-state index in [2.05, 4.69) is 17.6 Å². The maximum atomic E-state index is 12.5. The van der Waals surface area contributed by atoms with Gasteiger partial charge in [-0.2, -0.15) is 0 Å². The van der Waals surface area contributed by atoms with E-state index in [1.165, 1.54) is 0 Å². The lowest BCUT2D eigenvalue weighted by atomic mass is 9.96. The topological polar surface area (TPSA) is 70.7 Å². The highest BCUT2D eigenvalue weighted by molar-refractivity contribution is 5.85. The van der Waals surface area contributed by atoms with Crippen molar-refractivity contribution in [3.8, 4) is 0 Å². The van der Waals surface area contributed by atoms with Crippen LogP contribution in [0.5, 0.6) is 0 Å². The van der Waals surface area contributed by atoms with Gasteiger partial charge in [-0.05, 0) is 26.2 Å². The molecule has 2 aliphatic rings. The van der Waals surface area contributed by atoms with Crippen molar-refractivity contribution in [2.24, 2.45) is 5.92 Å². The van der Waals surface area contributed by atoms with Gasteiger partial charge in [0.05, 0.1) is 19.1 Å². The first-order valence-corrected chi connectivity index (χ1v) is 8.52. The van der Waals surface area contributed by atoms with Crippen LogP contribution >= 0.6 is 12.4 Å². The Balaban J connectivity index is 0.00000264. The van der Waals surface area contributed by atoms with Crippen LogP contribution in [0.15, 0.2) is 0 Å². The number of rotatable bonds is 5. The number of carbonyl (C=O) groups excluding carboxylic acids is 2. The minimum Gasteiger partial charge on any atom is -0.378 e. The van der Waals surface area contributed by atoms with Gasteiger partial charge >= 0.3 is 0 Å². The first kappa shape index (κ1) is 20.2. The molecule has 2 fully saturated rings. The van der Waals surface area contributed by atoms with Crippen molar-refractivity contribution >= 4 is 24.2 Å². The molecule has 2 amide bonds. The van der Waals surface area contributed by atoms with Crippen molar-refractivity contribution in [1.82, 2.24) is 15.5 Å². The van der Waals surface area contributed by atoms with Crippen molar-refractivity contribution in [1.29, 1.82) is 0 Å². The zero-order valence-corrected chi connectivity index (χ0v) is 15.0. The summed E-state index contributed by atoms with van der Waals surface area (Å²) >= 11 is 0. The Bertz CT molecular complexity index is 389. The zero-order valence-electron chi connectivity index (χ0n) is 14.2. The second-order valence-corrected chi connectivity index (χ2v) is 6.40. The molecule has 6 nitrogen and oxygen atoms in total. The van der Waals surface area contributed by atoms with E-state index in [4.69, 9.17) is 4.74 Å². The molecule has 0 saturated carbocycles. The predicted octanol–water partition coefficient (Wildman–Crippen LogP) is 0.940. The molecule has 0 aliphatic carbocycles. The molecule has 23 heavy (non-hydrogen) atoms. The van der Waals surface area contributed by atoms with Crippen molar-refractivity contribution in [2.45, 2.75) is 51.6 Å². The fourth-order valence-corrected chi connectivity index (χ4v) is 3.20. The van der Waals surface area contributed by atoms with E-state index >= 15 is 0 Å². The Morgan fingerprint density at radius 3 is 2.87 bits per heavy atom. The number of hydrogen-bond donors (Lipinski definition) is 2. The van der Waals surface area contributed by atoms with Crippen LogP contribution in [-0.2, 0) is 14.3 Å². The Labute approximate surface area is 145 Å². The number of amides is 2. The molecule has 3 atom stereocenters. The summed E-state index contributed by atoms with van der Waals surface area (Å²) < 4.78 is 5.36. The van der Waals surface area contributed by atoms with Crippen LogP contribution in [0.4, 0.5) is 0 Å². The maximum Gasteiger partial charge on any atom is 0.242 e. The Morgan fingerprint density at radius 2 is 2.22 bits per heavy atom. The fourth-order valence-electron chi connectivity index (χ4n) is 3.20. The average Bonchev–Trinajstić information content (AvgIpc) is 2.55. The Hall–Kier alpha value is -0.850. The summed E-state index contributed by atoms with van der Waals surface area (Å²) in [7, 11) is 0. The third-order valence-electron chi connectivity index (χ3n) is 4.43. The summed E-state index contributed by atoms with van der Waals surface area (Å²) in [6.45, 7) is 7.22. The molecule has 2 heterocycles. The quantitative estimate of drug-likeness (QED) is 0.776. The van der Waals surface area contributed by atoms with Crippen LogP contribution in [0.1, 0.15) is 39.5 Å². The first-order chi connectivity index (χ1) is 10.6. The van der Waals surface area contributed by atoms with Crippen LogP contribution in [0.2, 0.25) is 0 Å². The minimum absolute atomic E-state index is 0. The molecule has 0 aromatic carbocycles. The van der Waals surface area contributed by atoms with Crippen LogP contribution < -0.4 is 10.6 Å². The largest absolute Gasteiger partial charge is 0.378 e. The van der Waals surface area contributed by atoms with Gasteiger partial charge in [-0.1, -0.05) is 13.3 Å². The van der Waals surface area contributed by atoms with Gasteiger partial charge in [-0.15, -0.1) is 12.4 Å². The molecule has 0 bridgehead atoms.